The molecule has 0 rings (SSSR count). The van der Waals surface area contributed by atoms with E-state index in [-0.39, 0.29) is 31.1 Å². The SMILES string of the molecule is CC/C=C\C/C=C\C/C=C\C/C=C\CCCCCCC(=O)OCC(COC(=O)CCCC/C=C\C/C=C\C/C=C\C/C=C\CC)OC(=O)CCCCCCC/C=C\C/C=C\CCCCCC. The van der Waals surface area contributed by atoms with E-state index >= 15 is 0 Å². The third-order valence-electron chi connectivity index (χ3n) is 10.7. The lowest BCUT2D eigenvalue weighted by atomic mass is 10.1. The van der Waals surface area contributed by atoms with Crippen LogP contribution in [0.4, 0.5) is 0 Å². The number of rotatable bonds is 46. The first-order valence-electron chi connectivity index (χ1n) is 26.5. The average molecular weight is 913 g/mol. The van der Waals surface area contributed by atoms with Gasteiger partial charge in [0.15, 0.2) is 6.10 Å². The second kappa shape index (κ2) is 53.4. The highest BCUT2D eigenvalue weighted by molar-refractivity contribution is 5.71. The van der Waals surface area contributed by atoms with E-state index in [2.05, 4.69) is 142 Å². The minimum absolute atomic E-state index is 0.113. The topological polar surface area (TPSA) is 78.9 Å². The van der Waals surface area contributed by atoms with Crippen molar-refractivity contribution in [3.05, 3.63) is 122 Å². The van der Waals surface area contributed by atoms with Gasteiger partial charge in [0.25, 0.3) is 0 Å². The van der Waals surface area contributed by atoms with E-state index in [1.807, 2.05) is 0 Å². The first-order valence-corrected chi connectivity index (χ1v) is 26.5. The van der Waals surface area contributed by atoms with Crippen LogP contribution in [0.25, 0.3) is 0 Å². The molecule has 372 valence electrons. The molecule has 0 spiro atoms. The van der Waals surface area contributed by atoms with E-state index in [1.165, 1.54) is 32.1 Å². The summed E-state index contributed by atoms with van der Waals surface area (Å²) in [4.78, 5) is 38.0. The van der Waals surface area contributed by atoms with Gasteiger partial charge in [0.1, 0.15) is 13.2 Å². The molecule has 6 heteroatoms. The van der Waals surface area contributed by atoms with Gasteiger partial charge in [-0.05, 0) is 128 Å². The van der Waals surface area contributed by atoms with E-state index in [9.17, 15) is 14.4 Å². The van der Waals surface area contributed by atoms with Gasteiger partial charge in [-0.2, -0.15) is 0 Å². The van der Waals surface area contributed by atoms with Gasteiger partial charge in [-0.3, -0.25) is 14.4 Å². The number of esters is 3. The number of unbranched alkanes of at least 4 members (excludes halogenated alkanes) is 15. The maximum atomic E-state index is 12.8. The van der Waals surface area contributed by atoms with Crippen LogP contribution in [-0.4, -0.2) is 37.2 Å². The molecule has 0 saturated heterocycles. The summed E-state index contributed by atoms with van der Waals surface area (Å²) in [5, 5.41) is 0. The fourth-order valence-electron chi connectivity index (χ4n) is 6.75. The highest BCUT2D eigenvalue weighted by Gasteiger charge is 2.19. The molecule has 0 aliphatic carbocycles. The van der Waals surface area contributed by atoms with Crippen molar-refractivity contribution in [2.75, 3.05) is 13.2 Å². The number of allylic oxidation sites excluding steroid dienone is 20. The van der Waals surface area contributed by atoms with E-state index in [4.69, 9.17) is 14.2 Å². The van der Waals surface area contributed by atoms with Crippen LogP contribution in [0.5, 0.6) is 0 Å². The maximum Gasteiger partial charge on any atom is 0.306 e. The summed E-state index contributed by atoms with van der Waals surface area (Å²) >= 11 is 0. The van der Waals surface area contributed by atoms with Crippen LogP contribution < -0.4 is 0 Å². The van der Waals surface area contributed by atoms with Crippen molar-refractivity contribution in [1.29, 1.82) is 0 Å². The van der Waals surface area contributed by atoms with Gasteiger partial charge in [0.05, 0.1) is 0 Å². The van der Waals surface area contributed by atoms with Crippen LogP contribution >= 0.6 is 0 Å². The lowest BCUT2D eigenvalue weighted by Crippen LogP contribution is -2.30. The lowest BCUT2D eigenvalue weighted by molar-refractivity contribution is -0.167. The standard InChI is InChI=1S/C60H96O6/c1-4-7-10-13-16-19-22-25-28-30-33-35-38-41-44-47-50-53-59(62)65-56-57(55-64-58(61)52-49-46-43-40-37-34-31-27-24-21-18-15-12-9-6-3)66-60(63)54-51-48-45-42-39-36-32-29-26-23-20-17-14-11-8-5-2/h7,9-10,12,16,18-21,23,25,27-29,31-33,35,37,40,57H,4-6,8,11,13-15,17,22,24,26,30,34,36,38-39,41-56H2,1-3H3/b10-7-,12-9-,19-16-,21-18-,23-20-,28-25-,31-27-,32-29-,35-33-,40-37-. The zero-order valence-electron chi connectivity index (χ0n) is 42.4. The monoisotopic (exact) mass is 913 g/mol. The molecule has 0 N–H and O–H groups in total. The largest absolute Gasteiger partial charge is 0.462 e. The van der Waals surface area contributed by atoms with Crippen molar-refractivity contribution >= 4 is 17.9 Å². The normalized spacial score (nSPS) is 13.1. The van der Waals surface area contributed by atoms with Gasteiger partial charge in [-0.25, -0.2) is 0 Å². The average Bonchev–Trinajstić information content (AvgIpc) is 3.31. The molecule has 66 heavy (non-hydrogen) atoms. The quantitative estimate of drug-likeness (QED) is 0.0262. The van der Waals surface area contributed by atoms with Crippen LogP contribution in [0, 0.1) is 0 Å². The third-order valence-corrected chi connectivity index (χ3v) is 10.7. The van der Waals surface area contributed by atoms with Crippen molar-refractivity contribution in [2.24, 2.45) is 0 Å². The fraction of sp³-hybridized carbons (Fsp3) is 0.617. The van der Waals surface area contributed by atoms with Crippen LogP contribution in [0.2, 0.25) is 0 Å². The first kappa shape index (κ1) is 61.8. The molecule has 0 aromatic heterocycles. The Labute approximate surface area is 405 Å². The number of ether oxygens (including phenoxy) is 3. The molecule has 0 heterocycles. The minimum Gasteiger partial charge on any atom is -0.462 e. The first-order chi connectivity index (χ1) is 32.5. The molecule has 6 nitrogen and oxygen atoms in total. The molecular weight excluding hydrogens is 817 g/mol. The van der Waals surface area contributed by atoms with E-state index in [0.29, 0.717) is 25.7 Å². The molecule has 1 atom stereocenters. The molecule has 0 aromatic carbocycles. The molecule has 0 saturated carbocycles. The zero-order chi connectivity index (χ0) is 47.9. The minimum atomic E-state index is -0.816. The summed E-state index contributed by atoms with van der Waals surface area (Å²) < 4.78 is 16.8. The summed E-state index contributed by atoms with van der Waals surface area (Å²) in [6, 6.07) is 0. The number of hydrogen-bond acceptors (Lipinski definition) is 6. The van der Waals surface area contributed by atoms with Crippen molar-refractivity contribution in [2.45, 2.75) is 226 Å². The number of carbonyl (C=O) groups excluding carboxylic acids is 3. The molecule has 0 bridgehead atoms. The molecular formula is C60H96O6. The Morgan fingerprint density at radius 2 is 0.591 bits per heavy atom. The molecule has 0 aromatic rings. The van der Waals surface area contributed by atoms with Crippen molar-refractivity contribution in [1.82, 2.24) is 0 Å². The summed E-state index contributed by atoms with van der Waals surface area (Å²) in [7, 11) is 0. The van der Waals surface area contributed by atoms with E-state index < -0.39 is 6.10 Å². The van der Waals surface area contributed by atoms with Crippen molar-refractivity contribution in [3.63, 3.8) is 0 Å². The van der Waals surface area contributed by atoms with Crippen LogP contribution in [-0.2, 0) is 28.6 Å². The maximum absolute atomic E-state index is 12.8. The van der Waals surface area contributed by atoms with Crippen LogP contribution in [0.1, 0.15) is 220 Å². The van der Waals surface area contributed by atoms with Crippen LogP contribution in [0.15, 0.2) is 122 Å². The molecule has 1 unspecified atom stereocenters. The Kier molecular flexibility index (Phi) is 50.0. The second-order valence-electron chi connectivity index (χ2n) is 17.0. The Balaban J connectivity index is 4.54. The van der Waals surface area contributed by atoms with E-state index in [1.54, 1.807) is 0 Å². The molecule has 0 radical (unpaired) electrons. The van der Waals surface area contributed by atoms with Gasteiger partial charge < -0.3 is 14.2 Å². The number of carbonyl (C=O) groups is 3. The summed E-state index contributed by atoms with van der Waals surface area (Å²) in [6.45, 7) is 6.31. The molecule has 0 amide bonds. The van der Waals surface area contributed by atoms with Crippen molar-refractivity contribution in [3.8, 4) is 0 Å². The molecule has 0 aliphatic heterocycles. The van der Waals surface area contributed by atoms with Gasteiger partial charge in [-0.15, -0.1) is 0 Å². The Bertz CT molecular complexity index is 1420. The van der Waals surface area contributed by atoms with Crippen LogP contribution in [0.3, 0.4) is 0 Å². The predicted molar refractivity (Wildman–Crippen MR) is 283 cm³/mol. The highest BCUT2D eigenvalue weighted by atomic mass is 16.6. The smallest absolute Gasteiger partial charge is 0.306 e. The van der Waals surface area contributed by atoms with Gasteiger partial charge in [-0.1, -0.05) is 194 Å². The highest BCUT2D eigenvalue weighted by Crippen LogP contribution is 2.12. The van der Waals surface area contributed by atoms with E-state index in [0.717, 1.165) is 141 Å². The summed E-state index contributed by atoms with van der Waals surface area (Å²) in [5.41, 5.74) is 0. The van der Waals surface area contributed by atoms with Crippen molar-refractivity contribution < 1.29 is 28.6 Å². The Hall–Kier alpha value is -4.19. The van der Waals surface area contributed by atoms with Gasteiger partial charge in [0, 0.05) is 19.3 Å². The Morgan fingerprint density at radius 3 is 0.955 bits per heavy atom. The molecule has 0 fully saturated rings. The lowest BCUT2D eigenvalue weighted by Gasteiger charge is -2.18. The Morgan fingerprint density at radius 1 is 0.318 bits per heavy atom. The summed E-state index contributed by atoms with van der Waals surface area (Å²) in [5.74, 6) is -0.997. The van der Waals surface area contributed by atoms with Gasteiger partial charge >= 0.3 is 17.9 Å². The zero-order valence-corrected chi connectivity index (χ0v) is 42.4. The third kappa shape index (κ3) is 50.8. The van der Waals surface area contributed by atoms with Gasteiger partial charge in [0.2, 0.25) is 0 Å². The summed E-state index contributed by atoms with van der Waals surface area (Å²) in [6.07, 6.45) is 73.2. The number of hydrogen-bond donors (Lipinski definition) is 0. The second-order valence-corrected chi connectivity index (χ2v) is 17.0. The molecule has 0 aliphatic rings. The fourth-order valence-corrected chi connectivity index (χ4v) is 6.75. The predicted octanol–water partition coefficient (Wildman–Crippen LogP) is 17.7.